The molecule has 1 aromatic rings. The van der Waals surface area contributed by atoms with Crippen LogP contribution in [0.15, 0.2) is 24.3 Å². The second-order valence-electron chi connectivity index (χ2n) is 3.04. The zero-order valence-electron chi connectivity index (χ0n) is 7.66. The third kappa shape index (κ3) is 2.97. The Hall–Kier alpha value is -1.52. The first-order valence-electron chi connectivity index (χ1n) is 4.27. The monoisotopic (exact) mass is 218 g/mol. The van der Waals surface area contributed by atoms with Crippen molar-refractivity contribution < 1.29 is 23.1 Å². The Kier molecular flexibility index (Phi) is 3.71. The second-order valence-corrected chi connectivity index (χ2v) is 3.04. The quantitative estimate of drug-likeness (QED) is 0.843. The van der Waals surface area contributed by atoms with Gasteiger partial charge in [-0.1, -0.05) is 18.2 Å². The van der Waals surface area contributed by atoms with Gasteiger partial charge in [0.25, 0.3) is 0 Å². The number of carbonyl (C=O) groups is 1. The zero-order chi connectivity index (χ0) is 11.4. The molecular weight excluding hydrogens is 209 g/mol. The molecule has 0 saturated carbocycles. The first kappa shape index (κ1) is 11.6. The molecule has 0 aliphatic rings. The molecule has 82 valence electrons. The molecule has 0 fully saturated rings. The fourth-order valence-electron chi connectivity index (χ4n) is 1.30. The van der Waals surface area contributed by atoms with E-state index < -0.39 is 30.6 Å². The van der Waals surface area contributed by atoms with E-state index >= 15 is 0 Å². The van der Waals surface area contributed by atoms with Crippen molar-refractivity contribution in [3.05, 3.63) is 35.6 Å². The first-order valence-corrected chi connectivity index (χ1v) is 4.27. The van der Waals surface area contributed by atoms with E-state index in [1.807, 2.05) is 0 Å². The Morgan fingerprint density at radius 2 is 1.93 bits per heavy atom. The Morgan fingerprint density at radius 3 is 2.40 bits per heavy atom. The van der Waals surface area contributed by atoms with Gasteiger partial charge < -0.3 is 5.11 Å². The van der Waals surface area contributed by atoms with Gasteiger partial charge in [-0.25, -0.2) is 13.2 Å². The molecule has 0 spiro atoms. The topological polar surface area (TPSA) is 37.3 Å². The van der Waals surface area contributed by atoms with E-state index in [9.17, 15) is 18.0 Å². The van der Waals surface area contributed by atoms with Gasteiger partial charge in [0.2, 0.25) is 6.43 Å². The summed E-state index contributed by atoms with van der Waals surface area (Å²) in [6, 6.07) is 5.05. The molecule has 1 unspecified atom stereocenters. The number of rotatable bonds is 4. The van der Waals surface area contributed by atoms with Crippen LogP contribution in [0.5, 0.6) is 0 Å². The van der Waals surface area contributed by atoms with Gasteiger partial charge in [-0.3, -0.25) is 4.79 Å². The van der Waals surface area contributed by atoms with Crippen molar-refractivity contribution in [2.24, 2.45) is 0 Å². The summed E-state index contributed by atoms with van der Waals surface area (Å²) in [5, 5.41) is 8.70. The Balaban J connectivity index is 2.99. The lowest BCUT2D eigenvalue weighted by Gasteiger charge is -2.12. The summed E-state index contributed by atoms with van der Waals surface area (Å²) in [5.74, 6) is -3.71. The smallest absolute Gasteiger partial charge is 0.311 e. The van der Waals surface area contributed by atoms with Gasteiger partial charge in [0.1, 0.15) is 5.82 Å². The van der Waals surface area contributed by atoms with Gasteiger partial charge in [-0.2, -0.15) is 0 Å². The number of benzene rings is 1. The van der Waals surface area contributed by atoms with Crippen molar-refractivity contribution in [3.63, 3.8) is 0 Å². The molecular formula is C10H9F3O2. The minimum atomic E-state index is -2.77. The summed E-state index contributed by atoms with van der Waals surface area (Å²) in [4.78, 5) is 10.7. The van der Waals surface area contributed by atoms with Crippen LogP contribution in [0.2, 0.25) is 0 Å². The maximum Gasteiger partial charge on any atom is 0.311 e. The summed E-state index contributed by atoms with van der Waals surface area (Å²) in [7, 11) is 0. The number of carboxylic acids is 1. The zero-order valence-corrected chi connectivity index (χ0v) is 7.66. The largest absolute Gasteiger partial charge is 0.481 e. The molecule has 1 rings (SSSR count). The van der Waals surface area contributed by atoms with Gasteiger partial charge in [-0.05, 0) is 6.07 Å². The van der Waals surface area contributed by atoms with Crippen LogP contribution in [0.4, 0.5) is 13.2 Å². The number of halogens is 3. The third-order valence-corrected chi connectivity index (χ3v) is 1.99. The molecule has 2 nitrogen and oxygen atoms in total. The third-order valence-electron chi connectivity index (χ3n) is 1.99. The molecule has 1 atom stereocenters. The summed E-state index contributed by atoms with van der Waals surface area (Å²) < 4.78 is 37.3. The number of alkyl halides is 2. The SMILES string of the molecule is O=C(O)C(CC(F)F)c1ccccc1F. The van der Waals surface area contributed by atoms with E-state index in [1.54, 1.807) is 0 Å². The van der Waals surface area contributed by atoms with Gasteiger partial charge in [-0.15, -0.1) is 0 Å². The lowest BCUT2D eigenvalue weighted by atomic mass is 9.95. The Labute approximate surface area is 84.3 Å². The van der Waals surface area contributed by atoms with E-state index in [4.69, 9.17) is 5.11 Å². The maximum atomic E-state index is 13.1. The van der Waals surface area contributed by atoms with E-state index in [0.717, 1.165) is 6.07 Å². The summed E-state index contributed by atoms with van der Waals surface area (Å²) in [6.45, 7) is 0. The molecule has 0 aliphatic carbocycles. The predicted octanol–water partition coefficient (Wildman–Crippen LogP) is 2.65. The molecule has 0 aliphatic heterocycles. The molecule has 0 amide bonds. The molecule has 1 N–H and O–H groups in total. The molecule has 1 aromatic carbocycles. The molecule has 0 saturated heterocycles. The van der Waals surface area contributed by atoms with Gasteiger partial charge in [0, 0.05) is 12.0 Å². The second kappa shape index (κ2) is 4.82. The highest BCUT2D eigenvalue weighted by Crippen LogP contribution is 2.25. The fourth-order valence-corrected chi connectivity index (χ4v) is 1.30. The van der Waals surface area contributed by atoms with Crippen molar-refractivity contribution in [3.8, 4) is 0 Å². The number of hydrogen-bond acceptors (Lipinski definition) is 1. The number of aliphatic carboxylic acids is 1. The number of carboxylic acid groups (broad SMARTS) is 1. The van der Waals surface area contributed by atoms with Crippen LogP contribution in [0, 0.1) is 5.82 Å². The van der Waals surface area contributed by atoms with Gasteiger partial charge >= 0.3 is 5.97 Å². The normalized spacial score (nSPS) is 12.8. The van der Waals surface area contributed by atoms with Crippen molar-refractivity contribution in [2.45, 2.75) is 18.8 Å². The maximum absolute atomic E-state index is 13.1. The Morgan fingerprint density at radius 1 is 1.33 bits per heavy atom. The molecule has 15 heavy (non-hydrogen) atoms. The van der Waals surface area contributed by atoms with Crippen LogP contribution in [0.3, 0.4) is 0 Å². The Bertz CT molecular complexity index is 352. The van der Waals surface area contributed by atoms with Crippen LogP contribution >= 0.6 is 0 Å². The molecule has 0 heterocycles. The van der Waals surface area contributed by atoms with Crippen molar-refractivity contribution in [1.29, 1.82) is 0 Å². The van der Waals surface area contributed by atoms with Crippen LogP contribution in [-0.2, 0) is 4.79 Å². The lowest BCUT2D eigenvalue weighted by molar-refractivity contribution is -0.140. The van der Waals surface area contributed by atoms with Gasteiger partial charge in [0.15, 0.2) is 0 Å². The van der Waals surface area contributed by atoms with Crippen LogP contribution in [-0.4, -0.2) is 17.5 Å². The van der Waals surface area contributed by atoms with E-state index in [-0.39, 0.29) is 5.56 Å². The fraction of sp³-hybridized carbons (Fsp3) is 0.300. The molecule has 5 heteroatoms. The van der Waals surface area contributed by atoms with Crippen LogP contribution in [0.25, 0.3) is 0 Å². The van der Waals surface area contributed by atoms with E-state index in [1.165, 1.54) is 18.2 Å². The highest BCUT2D eigenvalue weighted by atomic mass is 19.3. The average molecular weight is 218 g/mol. The molecule has 0 bridgehead atoms. The summed E-state index contributed by atoms with van der Waals surface area (Å²) in [5.41, 5.74) is -0.203. The lowest BCUT2D eigenvalue weighted by Crippen LogP contribution is -2.16. The minimum Gasteiger partial charge on any atom is -0.481 e. The van der Waals surface area contributed by atoms with Crippen LogP contribution in [0.1, 0.15) is 17.9 Å². The standard InChI is InChI=1S/C10H9F3O2/c11-8-4-2-1-3-6(8)7(10(14)15)5-9(12)13/h1-4,7,9H,5H2,(H,14,15). The van der Waals surface area contributed by atoms with Crippen molar-refractivity contribution >= 4 is 5.97 Å². The average Bonchev–Trinajstić information content (AvgIpc) is 2.15. The first-order chi connectivity index (χ1) is 7.02. The highest BCUT2D eigenvalue weighted by Gasteiger charge is 2.26. The highest BCUT2D eigenvalue weighted by molar-refractivity contribution is 5.76. The van der Waals surface area contributed by atoms with Crippen molar-refractivity contribution in [1.82, 2.24) is 0 Å². The van der Waals surface area contributed by atoms with Crippen molar-refractivity contribution in [2.75, 3.05) is 0 Å². The van der Waals surface area contributed by atoms with E-state index in [0.29, 0.717) is 0 Å². The van der Waals surface area contributed by atoms with Crippen LogP contribution < -0.4 is 0 Å². The molecule has 0 radical (unpaired) electrons. The summed E-state index contributed by atoms with van der Waals surface area (Å²) in [6.07, 6.45) is -3.65. The van der Waals surface area contributed by atoms with Gasteiger partial charge in [0.05, 0.1) is 5.92 Å². The van der Waals surface area contributed by atoms with E-state index in [2.05, 4.69) is 0 Å². The molecule has 0 aromatic heterocycles. The minimum absolute atomic E-state index is 0.203. The number of hydrogen-bond donors (Lipinski definition) is 1. The predicted molar refractivity (Wildman–Crippen MR) is 47.4 cm³/mol. The summed E-state index contributed by atoms with van der Waals surface area (Å²) >= 11 is 0.